The summed E-state index contributed by atoms with van der Waals surface area (Å²) in [6, 6.07) is 19.1. The second kappa shape index (κ2) is 6.96. The second-order valence-corrected chi connectivity index (χ2v) is 7.39. The summed E-state index contributed by atoms with van der Waals surface area (Å²) in [6.07, 6.45) is 0. The Hall–Kier alpha value is -1.52. The van der Waals surface area contributed by atoms with Crippen LogP contribution in [0.15, 0.2) is 70.5 Å². The molecule has 4 heteroatoms. The van der Waals surface area contributed by atoms with Crippen LogP contribution in [0, 0.1) is 0 Å². The van der Waals surface area contributed by atoms with Gasteiger partial charge in [0.25, 0.3) is 0 Å². The molecule has 108 valence electrons. The van der Waals surface area contributed by atoms with Crippen molar-refractivity contribution in [2.45, 2.75) is 27.7 Å². The Morgan fingerprint density at radius 2 is 1.05 bits per heavy atom. The zero-order valence-corrected chi connectivity index (χ0v) is 13.5. The number of carbonyl (C=O) groups is 2. The number of benzene rings is 2. The first kappa shape index (κ1) is 15.9. The molecule has 0 atom stereocenters. The molecular formula is C17H16O2S2. The van der Waals surface area contributed by atoms with Crippen molar-refractivity contribution in [2.75, 3.05) is 0 Å². The van der Waals surface area contributed by atoms with Crippen LogP contribution in [-0.2, 0) is 9.59 Å². The van der Waals surface area contributed by atoms with Gasteiger partial charge in [0.15, 0.2) is 15.6 Å². The van der Waals surface area contributed by atoms with Gasteiger partial charge in [-0.3, -0.25) is 9.59 Å². The average Bonchev–Trinajstić information content (AvgIpc) is 2.48. The molecule has 21 heavy (non-hydrogen) atoms. The Bertz CT molecular complexity index is 566. The lowest BCUT2D eigenvalue weighted by atomic mass is 10.2. The molecule has 0 unspecified atom stereocenters. The fourth-order valence-corrected chi connectivity index (χ4v) is 4.43. The number of Topliss-reactive ketones (excluding diaryl/α,β-unsaturated/α-hetero) is 2. The summed E-state index contributed by atoms with van der Waals surface area (Å²) in [4.78, 5) is 26.3. The van der Waals surface area contributed by atoms with Crippen LogP contribution in [0.2, 0.25) is 0 Å². The molecule has 0 spiro atoms. The molecular weight excluding hydrogens is 300 g/mol. The van der Waals surface area contributed by atoms with E-state index in [1.54, 1.807) is 0 Å². The standard InChI is InChI=1S/C17H16O2S2/c1-13(18)17(14(2)19,20-15-9-5-3-6-10-15)21-16-11-7-4-8-12-16/h3-12H,1-2H3. The number of carbonyl (C=O) groups excluding carboxylic acids is 2. The maximum atomic E-state index is 12.3. The lowest BCUT2D eigenvalue weighted by molar-refractivity contribution is -0.125. The molecule has 0 aliphatic heterocycles. The van der Waals surface area contributed by atoms with E-state index >= 15 is 0 Å². The summed E-state index contributed by atoms with van der Waals surface area (Å²) in [5, 5.41) is 0. The minimum absolute atomic E-state index is 0.141. The van der Waals surface area contributed by atoms with Gasteiger partial charge in [-0.2, -0.15) is 0 Å². The van der Waals surface area contributed by atoms with Gasteiger partial charge in [0.2, 0.25) is 0 Å². The van der Waals surface area contributed by atoms with Crippen LogP contribution in [0.25, 0.3) is 0 Å². The molecule has 0 aromatic heterocycles. The van der Waals surface area contributed by atoms with Crippen LogP contribution in [-0.4, -0.2) is 15.6 Å². The molecule has 2 rings (SSSR count). The van der Waals surface area contributed by atoms with Gasteiger partial charge in [0.05, 0.1) is 0 Å². The lowest BCUT2D eigenvalue weighted by Gasteiger charge is -2.27. The topological polar surface area (TPSA) is 34.1 Å². The number of hydrogen-bond donors (Lipinski definition) is 0. The van der Waals surface area contributed by atoms with Gasteiger partial charge in [-0.05, 0) is 38.1 Å². The first-order chi connectivity index (χ1) is 10.0. The van der Waals surface area contributed by atoms with E-state index in [1.807, 2.05) is 60.7 Å². The Morgan fingerprint density at radius 1 is 0.714 bits per heavy atom. The molecule has 0 saturated heterocycles. The number of rotatable bonds is 6. The molecule has 0 saturated carbocycles. The summed E-state index contributed by atoms with van der Waals surface area (Å²) in [5.41, 5.74) is 0. The number of hydrogen-bond acceptors (Lipinski definition) is 4. The summed E-state index contributed by atoms with van der Waals surface area (Å²) in [5.74, 6) is -0.282. The molecule has 2 aromatic carbocycles. The van der Waals surface area contributed by atoms with Gasteiger partial charge in [-0.15, -0.1) is 0 Å². The smallest absolute Gasteiger partial charge is 0.186 e. The highest BCUT2D eigenvalue weighted by molar-refractivity contribution is 8.20. The van der Waals surface area contributed by atoms with E-state index in [-0.39, 0.29) is 11.6 Å². The zero-order chi connectivity index (χ0) is 15.3. The molecule has 0 N–H and O–H groups in total. The molecule has 0 aliphatic carbocycles. The second-order valence-electron chi connectivity index (χ2n) is 4.56. The van der Waals surface area contributed by atoms with Crippen LogP contribution >= 0.6 is 23.5 Å². The maximum absolute atomic E-state index is 12.3. The Morgan fingerprint density at radius 3 is 1.33 bits per heavy atom. The molecule has 0 heterocycles. The molecule has 2 nitrogen and oxygen atoms in total. The SMILES string of the molecule is CC(=O)C(Sc1ccccc1)(Sc1ccccc1)C(C)=O. The largest absolute Gasteiger partial charge is 0.297 e. The zero-order valence-electron chi connectivity index (χ0n) is 11.9. The Kier molecular flexibility index (Phi) is 5.26. The normalized spacial score (nSPS) is 11.1. The van der Waals surface area contributed by atoms with E-state index in [9.17, 15) is 9.59 Å². The van der Waals surface area contributed by atoms with Crippen LogP contribution in [0.3, 0.4) is 0 Å². The Balaban J connectivity index is 2.38. The predicted octanol–water partition coefficient (Wildman–Crippen LogP) is 4.45. The van der Waals surface area contributed by atoms with E-state index < -0.39 is 4.08 Å². The van der Waals surface area contributed by atoms with Crippen molar-refractivity contribution >= 4 is 35.1 Å². The molecule has 0 radical (unpaired) electrons. The van der Waals surface area contributed by atoms with Gasteiger partial charge in [-0.25, -0.2) is 0 Å². The summed E-state index contributed by atoms with van der Waals surface area (Å²) >= 11 is 2.62. The van der Waals surface area contributed by atoms with Crippen molar-refractivity contribution in [3.05, 3.63) is 60.7 Å². The average molecular weight is 316 g/mol. The third-order valence-corrected chi connectivity index (χ3v) is 6.18. The van der Waals surface area contributed by atoms with E-state index in [4.69, 9.17) is 0 Å². The molecule has 0 aliphatic rings. The highest BCUT2D eigenvalue weighted by Crippen LogP contribution is 2.46. The molecule has 0 fully saturated rings. The lowest BCUT2D eigenvalue weighted by Crippen LogP contribution is -2.37. The fourth-order valence-electron chi connectivity index (χ4n) is 1.87. The van der Waals surface area contributed by atoms with Crippen LogP contribution < -0.4 is 0 Å². The first-order valence-corrected chi connectivity index (χ1v) is 8.18. The van der Waals surface area contributed by atoms with Gasteiger partial charge >= 0.3 is 0 Å². The molecule has 2 aromatic rings. The predicted molar refractivity (Wildman–Crippen MR) is 88.7 cm³/mol. The monoisotopic (exact) mass is 316 g/mol. The quantitative estimate of drug-likeness (QED) is 0.448. The fraction of sp³-hybridized carbons (Fsp3) is 0.176. The highest BCUT2D eigenvalue weighted by Gasteiger charge is 2.43. The van der Waals surface area contributed by atoms with E-state index in [1.165, 1.54) is 37.4 Å². The van der Waals surface area contributed by atoms with Gasteiger partial charge in [0.1, 0.15) is 0 Å². The highest BCUT2D eigenvalue weighted by atomic mass is 32.2. The summed E-state index contributed by atoms with van der Waals surface area (Å²) < 4.78 is -1.14. The van der Waals surface area contributed by atoms with Crippen LogP contribution in [0.4, 0.5) is 0 Å². The van der Waals surface area contributed by atoms with Crippen molar-refractivity contribution in [3.8, 4) is 0 Å². The third-order valence-electron chi connectivity index (χ3n) is 2.94. The van der Waals surface area contributed by atoms with Gasteiger partial charge in [0, 0.05) is 9.79 Å². The molecule has 0 bridgehead atoms. The van der Waals surface area contributed by atoms with Gasteiger partial charge < -0.3 is 0 Å². The van der Waals surface area contributed by atoms with Crippen LogP contribution in [0.1, 0.15) is 13.8 Å². The van der Waals surface area contributed by atoms with E-state index in [2.05, 4.69) is 0 Å². The van der Waals surface area contributed by atoms with Crippen LogP contribution in [0.5, 0.6) is 0 Å². The van der Waals surface area contributed by atoms with Crippen molar-refractivity contribution in [3.63, 3.8) is 0 Å². The van der Waals surface area contributed by atoms with Gasteiger partial charge in [-0.1, -0.05) is 59.9 Å². The molecule has 0 amide bonds. The van der Waals surface area contributed by atoms with Crippen molar-refractivity contribution in [2.24, 2.45) is 0 Å². The minimum atomic E-state index is -1.14. The number of ketones is 2. The minimum Gasteiger partial charge on any atom is -0.297 e. The van der Waals surface area contributed by atoms with E-state index in [0.29, 0.717) is 0 Å². The summed E-state index contributed by atoms with van der Waals surface area (Å²) in [6.45, 7) is 2.96. The third kappa shape index (κ3) is 3.77. The van der Waals surface area contributed by atoms with Crippen molar-refractivity contribution < 1.29 is 9.59 Å². The van der Waals surface area contributed by atoms with Crippen molar-refractivity contribution in [1.82, 2.24) is 0 Å². The number of thioether (sulfide) groups is 2. The van der Waals surface area contributed by atoms with E-state index in [0.717, 1.165) is 9.79 Å². The Labute approximate surface area is 133 Å². The summed E-state index contributed by atoms with van der Waals surface area (Å²) in [7, 11) is 0. The first-order valence-electron chi connectivity index (χ1n) is 6.55. The maximum Gasteiger partial charge on any atom is 0.186 e. The van der Waals surface area contributed by atoms with Crippen molar-refractivity contribution in [1.29, 1.82) is 0 Å².